The third-order valence-electron chi connectivity index (χ3n) is 3.08. The fourth-order valence-electron chi connectivity index (χ4n) is 1.90. The van der Waals surface area contributed by atoms with E-state index in [1.165, 1.54) is 0 Å². The van der Waals surface area contributed by atoms with E-state index in [9.17, 15) is 10.2 Å². The van der Waals surface area contributed by atoms with E-state index in [1.807, 2.05) is 60.7 Å². The first-order valence-electron chi connectivity index (χ1n) is 9.65. The molecule has 2 N–H and O–H groups in total. The van der Waals surface area contributed by atoms with Gasteiger partial charge in [-0.25, -0.2) is 0 Å². The van der Waals surface area contributed by atoms with E-state index in [0.29, 0.717) is 12.8 Å². The van der Waals surface area contributed by atoms with E-state index in [1.54, 1.807) is 0 Å². The second-order valence-electron chi connectivity index (χ2n) is 4.77. The molecule has 0 spiro atoms. The van der Waals surface area contributed by atoms with Gasteiger partial charge in [0, 0.05) is 80.0 Å². The Bertz CT molecular complexity index is 1050. The first-order valence-corrected chi connectivity index (χ1v) is 9.65. The van der Waals surface area contributed by atoms with Gasteiger partial charge in [-0.2, -0.15) is 0 Å². The van der Waals surface area contributed by atoms with Crippen molar-refractivity contribution in [3.05, 3.63) is 152 Å². The smallest absolute Gasteiger partial charge is 0 e. The number of unbranched alkanes of at least 4 members (excludes halogenated alkanes) is 1. The summed E-state index contributed by atoms with van der Waals surface area (Å²) in [5.74, 6) is 11.4. The Morgan fingerprint density at radius 2 is 0.520 bits per heavy atom. The summed E-state index contributed by atoms with van der Waals surface area (Å²) in [6.07, 6.45) is -0.385. The predicted molar refractivity (Wildman–Crippen MR) is 135 cm³/mol. The average molecular weight is 862 g/mol. The second kappa shape index (κ2) is 150. The third kappa shape index (κ3) is 96.8. The Hall–Kier alpha value is -3.61. The predicted octanol–water partition coefficient (Wildman–Crippen LogP) is 2.78. The SMILES string of the molecule is OC(C#CCCC#CC(O)c1ccccc1)c1ccccc1.[C-]#[O+].[C-]#[O+].[C-]#[O+].[C-]#[O+].[C-]#[O+].[C-]#[O+].[C-]#[O+].[C-]#[O+].[C-]#[O+].[C-]#[O+].[C-]#[O+].[C-]#[O+].[Co].[Co].[Co].[Co]. The number of hydrogen-bond donors (Lipinski definition) is 2. The Morgan fingerprint density at radius 1 is 0.360 bits per heavy atom. The van der Waals surface area contributed by atoms with Crippen molar-refractivity contribution >= 4 is 0 Å². The fraction of sp³-hybridized carbons (Fsp3) is 0.125. The van der Waals surface area contributed by atoms with Crippen LogP contribution in [0.5, 0.6) is 0 Å². The van der Waals surface area contributed by atoms with Crippen LogP contribution in [0.3, 0.4) is 0 Å². The summed E-state index contributed by atoms with van der Waals surface area (Å²) in [4.78, 5) is 0. The number of aliphatic hydroxyl groups excluding tert-OH is 2. The summed E-state index contributed by atoms with van der Waals surface area (Å²) in [7, 11) is 0. The molecular formula is C32H18Co4O14. The first kappa shape index (κ1) is 97.0. The molecule has 18 heteroatoms. The average Bonchev–Trinajstić information content (AvgIpc) is 3.23. The minimum Gasteiger partial charge on any atom is 0 e. The topological polar surface area (TPSA) is 279 Å². The van der Waals surface area contributed by atoms with Crippen molar-refractivity contribution in [2.24, 2.45) is 0 Å². The Labute approximate surface area is 331 Å². The molecule has 0 aliphatic heterocycles. The van der Waals surface area contributed by atoms with Crippen molar-refractivity contribution in [3.8, 4) is 23.7 Å². The van der Waals surface area contributed by atoms with Gasteiger partial charge in [0.2, 0.25) is 0 Å². The summed E-state index contributed by atoms with van der Waals surface area (Å²) in [5.41, 5.74) is 1.58. The zero-order valence-electron chi connectivity index (χ0n) is 24.5. The molecule has 0 saturated carbocycles. The van der Waals surface area contributed by atoms with Crippen molar-refractivity contribution in [1.29, 1.82) is 0 Å². The van der Waals surface area contributed by atoms with Crippen molar-refractivity contribution in [3.63, 3.8) is 0 Å². The fourth-order valence-corrected chi connectivity index (χ4v) is 1.90. The Kier molecular flexibility index (Phi) is 292. The molecule has 2 atom stereocenters. The quantitative estimate of drug-likeness (QED) is 0.204. The number of hydrogen-bond acceptors (Lipinski definition) is 2. The van der Waals surface area contributed by atoms with E-state index < -0.39 is 12.2 Å². The van der Waals surface area contributed by atoms with Crippen LogP contribution in [-0.2, 0) is 123 Å². The molecule has 2 aromatic carbocycles. The molecule has 50 heavy (non-hydrogen) atoms. The number of aliphatic hydroxyl groups is 2. The van der Waals surface area contributed by atoms with Crippen LogP contribution in [0.4, 0.5) is 0 Å². The molecule has 0 bridgehead atoms. The van der Waals surface area contributed by atoms with Gasteiger partial charge >= 0.3 is 136 Å². The first-order chi connectivity index (χ1) is 22.8. The maximum absolute atomic E-state index is 9.86. The molecule has 4 radical (unpaired) electrons. The van der Waals surface area contributed by atoms with Crippen LogP contribution >= 0.6 is 0 Å². The van der Waals surface area contributed by atoms with E-state index >= 15 is 0 Å². The van der Waals surface area contributed by atoms with Crippen LogP contribution in [0.25, 0.3) is 0 Å². The van der Waals surface area contributed by atoms with Crippen molar-refractivity contribution in [1.82, 2.24) is 0 Å². The minimum atomic E-state index is -0.760. The molecule has 0 aliphatic carbocycles. The molecule has 0 amide bonds. The molecule has 0 fully saturated rings. The van der Waals surface area contributed by atoms with E-state index in [4.69, 9.17) is 55.8 Å². The molecule has 2 rings (SSSR count). The van der Waals surface area contributed by atoms with Gasteiger partial charge < -0.3 is 10.2 Å². The van der Waals surface area contributed by atoms with E-state index in [0.717, 1.165) is 11.1 Å². The van der Waals surface area contributed by atoms with Gasteiger partial charge in [-0.1, -0.05) is 84.3 Å². The van der Waals surface area contributed by atoms with Crippen LogP contribution in [0.2, 0.25) is 0 Å². The Balaban J connectivity index is -0.0000000288. The van der Waals surface area contributed by atoms with Crippen molar-refractivity contribution in [2.75, 3.05) is 0 Å². The summed E-state index contributed by atoms with van der Waals surface area (Å²) >= 11 is 0. The molecule has 0 heterocycles. The standard InChI is InChI=1S/C20H18O2.12CO.4Co/c21-19(17-11-5-3-6-12-17)15-9-1-2-10-16-20(22)18-13-7-4-8-14-18;12*1-2;;;;/h3-8,11-14,19-22H,1-2H2;;;;;;;;;;;;;;;;. The van der Waals surface area contributed by atoms with E-state index in [2.05, 4.69) is 103 Å². The maximum atomic E-state index is 9.86. The number of rotatable bonds is 3. The molecule has 0 aliphatic rings. The van der Waals surface area contributed by atoms with Crippen molar-refractivity contribution < 1.29 is 133 Å². The zero-order chi connectivity index (χ0) is 39.6. The molecule has 0 aromatic heterocycles. The monoisotopic (exact) mass is 862 g/mol. The van der Waals surface area contributed by atoms with Crippen molar-refractivity contribution in [2.45, 2.75) is 25.0 Å². The second-order valence-corrected chi connectivity index (χ2v) is 4.77. The largest absolute Gasteiger partial charge is 0 e. The van der Waals surface area contributed by atoms with Crippen LogP contribution in [0, 0.1) is 103 Å². The number of benzene rings is 2. The van der Waals surface area contributed by atoms with Crippen LogP contribution in [-0.4, -0.2) is 10.2 Å². The summed E-state index contributed by atoms with van der Waals surface area (Å²) < 4.78 is 90.0. The molecular weight excluding hydrogens is 844 g/mol. The van der Waals surface area contributed by atoms with Crippen LogP contribution in [0.15, 0.2) is 60.7 Å². The molecule has 0 saturated heterocycles. The van der Waals surface area contributed by atoms with Gasteiger partial charge in [-0.15, -0.1) is 0 Å². The third-order valence-corrected chi connectivity index (χ3v) is 3.08. The summed E-state index contributed by atoms with van der Waals surface area (Å²) in [5, 5.41) is 19.7. The van der Waals surface area contributed by atoms with Gasteiger partial charge in [0.05, 0.1) is 0 Å². The van der Waals surface area contributed by atoms with Crippen LogP contribution in [0.1, 0.15) is 36.2 Å². The normalized spacial score (nSPS) is 5.88. The molecule has 2 unspecified atom stereocenters. The Morgan fingerprint density at radius 3 is 0.680 bits per heavy atom. The van der Waals surface area contributed by atoms with Gasteiger partial charge in [0.25, 0.3) is 0 Å². The van der Waals surface area contributed by atoms with Gasteiger partial charge in [0.1, 0.15) is 12.2 Å². The minimum absolute atomic E-state index is 0. The zero-order valence-corrected chi connectivity index (χ0v) is 28.6. The molecule has 266 valence electrons. The molecule has 14 nitrogen and oxygen atoms in total. The van der Waals surface area contributed by atoms with E-state index in [-0.39, 0.29) is 67.1 Å². The van der Waals surface area contributed by atoms with Crippen LogP contribution < -0.4 is 0 Å². The van der Waals surface area contributed by atoms with Gasteiger partial charge in [0.15, 0.2) is 0 Å². The summed E-state index contributed by atoms with van der Waals surface area (Å²) in [6, 6.07) is 18.7. The molecule has 2 aromatic rings. The van der Waals surface area contributed by atoms with Gasteiger partial charge in [-0.3, -0.25) is 0 Å². The van der Waals surface area contributed by atoms with Gasteiger partial charge in [-0.05, 0) is 11.1 Å². The summed E-state index contributed by atoms with van der Waals surface area (Å²) in [6.45, 7) is 54.0. The maximum Gasteiger partial charge on any atom is 0 e.